The van der Waals surface area contributed by atoms with Crippen LogP contribution in [-0.2, 0) is 14.4 Å². The van der Waals surface area contributed by atoms with Crippen molar-refractivity contribution in [2.24, 2.45) is 5.92 Å². The number of aliphatic hydroxyl groups is 2. The fraction of sp³-hybridized carbons (Fsp3) is 0.438. The fourth-order valence-electron chi connectivity index (χ4n) is 5.73. The molecule has 0 radical (unpaired) electrons. The topological polar surface area (TPSA) is 139 Å². The predicted octanol–water partition coefficient (Wildman–Crippen LogP) is 3.74. The molecule has 2 aromatic carbocycles. The molecule has 4 atom stereocenters. The number of nitrogens with one attached hydrogen (secondary N) is 2. The van der Waals surface area contributed by atoms with Crippen LogP contribution in [0.2, 0.25) is 0 Å². The molecule has 2 aliphatic heterocycles. The van der Waals surface area contributed by atoms with Crippen molar-refractivity contribution in [3.05, 3.63) is 60.6 Å². The number of likely N-dealkylation sites (tertiary alicyclic amines) is 2. The number of carbonyl (C=O) groups is 3. The zero-order valence-electron chi connectivity index (χ0n) is 24.1. The minimum atomic E-state index is -1.01. The minimum absolute atomic E-state index is 0.126. The summed E-state index contributed by atoms with van der Waals surface area (Å²) in [5.41, 5.74) is 4.56. The van der Waals surface area contributed by atoms with Crippen molar-refractivity contribution in [2.45, 2.75) is 64.2 Å². The molecule has 42 heavy (non-hydrogen) atoms. The van der Waals surface area contributed by atoms with Gasteiger partial charge in [0.1, 0.15) is 18.0 Å². The van der Waals surface area contributed by atoms with Gasteiger partial charge in [-0.1, -0.05) is 50.2 Å². The molecule has 1 aromatic heterocycles. The monoisotopic (exact) mass is 573 g/mol. The van der Waals surface area contributed by atoms with E-state index in [0.717, 1.165) is 41.1 Å². The second-order valence-corrected chi connectivity index (χ2v) is 11.1. The number of H-pyrrole nitrogens is 1. The van der Waals surface area contributed by atoms with Gasteiger partial charge in [0.25, 0.3) is 11.8 Å². The van der Waals surface area contributed by atoms with Crippen molar-refractivity contribution < 1.29 is 24.6 Å². The van der Waals surface area contributed by atoms with Gasteiger partial charge in [0.15, 0.2) is 0 Å². The highest BCUT2D eigenvalue weighted by molar-refractivity contribution is 5.94. The molecule has 2 fully saturated rings. The molecular formula is C32H39N5O5. The maximum Gasteiger partial charge on any atom is 0.252 e. The summed E-state index contributed by atoms with van der Waals surface area (Å²) in [4.78, 5) is 48.8. The number of aliphatic hydroxyl groups excluding tert-OH is 2. The molecule has 0 spiro atoms. The van der Waals surface area contributed by atoms with E-state index in [1.165, 1.54) is 0 Å². The first-order valence-electron chi connectivity index (χ1n) is 14.8. The van der Waals surface area contributed by atoms with Gasteiger partial charge in [-0.15, -0.1) is 0 Å². The van der Waals surface area contributed by atoms with Crippen molar-refractivity contribution in [1.29, 1.82) is 0 Å². The molecule has 0 unspecified atom stereocenters. The molecule has 5 rings (SSSR count). The van der Waals surface area contributed by atoms with Crippen LogP contribution in [0.1, 0.15) is 57.8 Å². The number of anilines is 1. The van der Waals surface area contributed by atoms with Gasteiger partial charge < -0.3 is 30.3 Å². The molecule has 3 aromatic rings. The van der Waals surface area contributed by atoms with E-state index in [4.69, 9.17) is 0 Å². The number of imidazole rings is 1. The molecule has 2 saturated heterocycles. The lowest BCUT2D eigenvalue weighted by Crippen LogP contribution is -2.38. The third-order valence-corrected chi connectivity index (χ3v) is 8.34. The highest BCUT2D eigenvalue weighted by atomic mass is 16.3. The van der Waals surface area contributed by atoms with E-state index >= 15 is 0 Å². The SMILES string of the molecule is CC[C@H](O)C(=O)N1CC[C@@H](C(=O)Nc2ccc(-c3ccc(-c4cnc([C@@H]5CCCN5C(=O)[C@@H](O)CC)[nH]4)cc3)cc2)C1. The van der Waals surface area contributed by atoms with Crippen molar-refractivity contribution >= 4 is 23.4 Å². The Morgan fingerprint density at radius 2 is 1.52 bits per heavy atom. The van der Waals surface area contributed by atoms with E-state index in [0.29, 0.717) is 44.6 Å². The van der Waals surface area contributed by atoms with Crippen LogP contribution in [0.4, 0.5) is 5.69 Å². The summed E-state index contributed by atoms with van der Waals surface area (Å²) in [5, 5.41) is 22.8. The van der Waals surface area contributed by atoms with Gasteiger partial charge in [0.2, 0.25) is 5.91 Å². The lowest BCUT2D eigenvalue weighted by atomic mass is 10.0. The normalized spacial score (nSPS) is 20.0. The lowest BCUT2D eigenvalue weighted by Gasteiger charge is -2.25. The first-order chi connectivity index (χ1) is 20.3. The van der Waals surface area contributed by atoms with Crippen molar-refractivity contribution in [3.63, 3.8) is 0 Å². The summed E-state index contributed by atoms with van der Waals surface area (Å²) < 4.78 is 0. The molecule has 0 bridgehead atoms. The van der Waals surface area contributed by atoms with Gasteiger partial charge in [-0.05, 0) is 60.9 Å². The van der Waals surface area contributed by atoms with E-state index < -0.39 is 12.2 Å². The number of carbonyl (C=O) groups excluding carboxylic acids is 3. The summed E-state index contributed by atoms with van der Waals surface area (Å²) in [6, 6.07) is 15.6. The van der Waals surface area contributed by atoms with Crippen molar-refractivity contribution in [1.82, 2.24) is 19.8 Å². The summed E-state index contributed by atoms with van der Waals surface area (Å²) in [5.74, 6) is -0.238. The molecule has 10 heteroatoms. The number of rotatable bonds is 9. The van der Waals surface area contributed by atoms with E-state index in [1.54, 1.807) is 29.8 Å². The first-order valence-corrected chi connectivity index (χ1v) is 14.8. The first kappa shape index (κ1) is 29.5. The largest absolute Gasteiger partial charge is 0.383 e. The Kier molecular flexibility index (Phi) is 9.03. The van der Waals surface area contributed by atoms with Crippen LogP contribution in [0.5, 0.6) is 0 Å². The molecule has 0 aliphatic carbocycles. The van der Waals surface area contributed by atoms with Gasteiger partial charge in [-0.2, -0.15) is 0 Å². The van der Waals surface area contributed by atoms with E-state index in [9.17, 15) is 24.6 Å². The fourth-order valence-corrected chi connectivity index (χ4v) is 5.73. The Labute approximate surface area is 245 Å². The molecule has 222 valence electrons. The summed E-state index contributed by atoms with van der Waals surface area (Å²) >= 11 is 0. The lowest BCUT2D eigenvalue weighted by molar-refractivity contribution is -0.141. The van der Waals surface area contributed by atoms with Crippen LogP contribution >= 0.6 is 0 Å². The molecule has 3 heterocycles. The number of aromatic amines is 1. The summed E-state index contributed by atoms with van der Waals surface area (Å²) in [6.07, 6.45) is 2.82. The van der Waals surface area contributed by atoms with Gasteiger partial charge in [0, 0.05) is 25.3 Å². The van der Waals surface area contributed by atoms with Crippen LogP contribution in [0.3, 0.4) is 0 Å². The van der Waals surface area contributed by atoms with E-state index in [2.05, 4.69) is 15.3 Å². The minimum Gasteiger partial charge on any atom is -0.383 e. The number of hydrogen-bond acceptors (Lipinski definition) is 6. The van der Waals surface area contributed by atoms with Crippen LogP contribution in [0.15, 0.2) is 54.7 Å². The smallest absolute Gasteiger partial charge is 0.252 e. The molecule has 3 amide bonds. The number of hydrogen-bond donors (Lipinski definition) is 4. The van der Waals surface area contributed by atoms with Gasteiger partial charge in [-0.3, -0.25) is 14.4 Å². The molecule has 2 aliphatic rings. The molecule has 10 nitrogen and oxygen atoms in total. The average Bonchev–Trinajstić information content (AvgIpc) is 3.81. The zero-order valence-corrected chi connectivity index (χ0v) is 24.1. The van der Waals surface area contributed by atoms with Crippen molar-refractivity contribution in [3.8, 4) is 22.4 Å². The van der Waals surface area contributed by atoms with Gasteiger partial charge in [-0.25, -0.2) is 4.98 Å². The zero-order chi connectivity index (χ0) is 29.8. The Hall–Kier alpha value is -4.02. The van der Waals surface area contributed by atoms with E-state index in [1.807, 2.05) is 48.5 Å². The van der Waals surface area contributed by atoms with Crippen molar-refractivity contribution in [2.75, 3.05) is 25.0 Å². The second-order valence-electron chi connectivity index (χ2n) is 11.1. The Bertz CT molecular complexity index is 1400. The van der Waals surface area contributed by atoms with Crippen LogP contribution in [0.25, 0.3) is 22.4 Å². The van der Waals surface area contributed by atoms with Crippen LogP contribution in [-0.4, -0.2) is 79.5 Å². The maximum absolute atomic E-state index is 12.8. The van der Waals surface area contributed by atoms with Gasteiger partial charge in [0.05, 0.1) is 23.9 Å². The van der Waals surface area contributed by atoms with E-state index in [-0.39, 0.29) is 29.7 Å². The Morgan fingerprint density at radius 3 is 2.19 bits per heavy atom. The Balaban J connectivity index is 1.19. The third kappa shape index (κ3) is 6.24. The van der Waals surface area contributed by atoms with Crippen LogP contribution < -0.4 is 5.32 Å². The standard InChI is InChI=1S/C32H39N5O5/c1-3-27(38)31(41)36-17-15-23(19-36)30(40)34-24-13-11-21(12-14-24)20-7-9-22(10-8-20)25-18-33-29(35-25)26-6-5-16-37(26)32(42)28(39)4-2/h7-14,18,23,26-28,38-39H,3-6,15-17,19H2,1-2H3,(H,33,35)(H,34,40)/t23-,26+,27+,28+/m1/s1. The van der Waals surface area contributed by atoms with Gasteiger partial charge >= 0.3 is 0 Å². The highest BCUT2D eigenvalue weighted by Crippen LogP contribution is 2.33. The number of aromatic nitrogens is 2. The number of amides is 3. The molecule has 0 saturated carbocycles. The molecule has 4 N–H and O–H groups in total. The summed E-state index contributed by atoms with van der Waals surface area (Å²) in [7, 11) is 0. The Morgan fingerprint density at radius 1 is 0.905 bits per heavy atom. The maximum atomic E-state index is 12.8. The van der Waals surface area contributed by atoms with Crippen LogP contribution in [0, 0.1) is 5.92 Å². The number of benzene rings is 2. The summed E-state index contributed by atoms with van der Waals surface area (Å²) in [6.45, 7) is 4.98. The highest BCUT2D eigenvalue weighted by Gasteiger charge is 2.35. The second kappa shape index (κ2) is 12.9. The predicted molar refractivity (Wildman–Crippen MR) is 159 cm³/mol. The number of nitrogens with zero attached hydrogens (tertiary/aromatic N) is 3. The quantitative estimate of drug-likeness (QED) is 0.308. The average molecular weight is 574 g/mol. The third-order valence-electron chi connectivity index (χ3n) is 8.34. The molecular weight excluding hydrogens is 534 g/mol.